The average molecular weight is 347 g/mol. The second kappa shape index (κ2) is 12.4. The van der Waals surface area contributed by atoms with Crippen LogP contribution >= 0.6 is 0 Å². The quantitative estimate of drug-likeness (QED) is 0.406. The minimum absolute atomic E-state index is 0.634. The maximum atomic E-state index is 5.68. The second-order valence-corrected chi connectivity index (χ2v) is 7.61. The molecule has 1 aromatic carbocycles. The third-order valence-corrected chi connectivity index (χ3v) is 5.65. The molecule has 0 spiro atoms. The highest BCUT2D eigenvalue weighted by molar-refractivity contribution is 5.27. The summed E-state index contributed by atoms with van der Waals surface area (Å²) >= 11 is 0. The Kier molecular flexibility index (Phi) is 10.0. The van der Waals surface area contributed by atoms with Gasteiger partial charge in [-0.05, 0) is 49.3 Å². The van der Waals surface area contributed by atoms with Crippen LogP contribution in [0, 0.1) is 11.8 Å². The standard InChI is InChI=1S/C23H38O2/c1-3-5-6-7-20-8-10-21(11-9-20)12-13-22-14-16-23(17-15-22)25-19-18-24-4-2/h14-17,20-21H,3-13,18-19H2,1-2H3. The van der Waals surface area contributed by atoms with E-state index < -0.39 is 0 Å². The summed E-state index contributed by atoms with van der Waals surface area (Å²) in [5.74, 6) is 2.93. The molecule has 0 heterocycles. The van der Waals surface area contributed by atoms with E-state index in [1.165, 1.54) is 69.8 Å². The number of hydrogen-bond acceptors (Lipinski definition) is 2. The van der Waals surface area contributed by atoms with E-state index in [4.69, 9.17) is 9.47 Å². The summed E-state index contributed by atoms with van der Waals surface area (Å²) in [6.45, 7) is 6.36. The number of rotatable bonds is 12. The van der Waals surface area contributed by atoms with Crippen molar-refractivity contribution < 1.29 is 9.47 Å². The Morgan fingerprint density at radius 1 is 0.840 bits per heavy atom. The van der Waals surface area contributed by atoms with Gasteiger partial charge in [0.2, 0.25) is 0 Å². The van der Waals surface area contributed by atoms with Crippen molar-refractivity contribution in [3.8, 4) is 5.75 Å². The van der Waals surface area contributed by atoms with E-state index in [1.807, 2.05) is 6.92 Å². The third kappa shape index (κ3) is 8.27. The van der Waals surface area contributed by atoms with Gasteiger partial charge in [0.25, 0.3) is 0 Å². The van der Waals surface area contributed by atoms with Crippen LogP contribution in [0.15, 0.2) is 24.3 Å². The van der Waals surface area contributed by atoms with Gasteiger partial charge in [-0.25, -0.2) is 0 Å². The number of unbranched alkanes of at least 4 members (excludes halogenated alkanes) is 2. The second-order valence-electron chi connectivity index (χ2n) is 7.61. The molecule has 0 unspecified atom stereocenters. The van der Waals surface area contributed by atoms with E-state index in [9.17, 15) is 0 Å². The van der Waals surface area contributed by atoms with E-state index >= 15 is 0 Å². The highest BCUT2D eigenvalue weighted by Crippen LogP contribution is 2.34. The average Bonchev–Trinajstić information content (AvgIpc) is 2.66. The third-order valence-electron chi connectivity index (χ3n) is 5.65. The first-order chi connectivity index (χ1) is 12.3. The molecule has 0 aromatic heterocycles. The first kappa shape index (κ1) is 20.3. The highest BCUT2D eigenvalue weighted by atomic mass is 16.5. The molecule has 1 aliphatic carbocycles. The zero-order chi connectivity index (χ0) is 17.7. The largest absolute Gasteiger partial charge is 0.491 e. The minimum atomic E-state index is 0.634. The zero-order valence-electron chi connectivity index (χ0n) is 16.5. The number of benzene rings is 1. The van der Waals surface area contributed by atoms with Crippen LogP contribution in [-0.4, -0.2) is 19.8 Å². The summed E-state index contributed by atoms with van der Waals surface area (Å²) in [6, 6.07) is 8.66. The smallest absolute Gasteiger partial charge is 0.119 e. The maximum Gasteiger partial charge on any atom is 0.119 e. The molecule has 2 nitrogen and oxygen atoms in total. The van der Waals surface area contributed by atoms with Gasteiger partial charge in [-0.2, -0.15) is 0 Å². The molecule has 0 atom stereocenters. The Labute approximate surface area is 155 Å². The molecule has 2 heteroatoms. The van der Waals surface area contributed by atoms with Gasteiger partial charge in [-0.3, -0.25) is 0 Å². The molecule has 0 aliphatic heterocycles. The molecule has 1 fully saturated rings. The fourth-order valence-electron chi connectivity index (χ4n) is 3.98. The van der Waals surface area contributed by atoms with Crippen LogP contribution in [0.2, 0.25) is 0 Å². The molecule has 1 saturated carbocycles. The van der Waals surface area contributed by atoms with Gasteiger partial charge in [0.05, 0.1) is 6.61 Å². The summed E-state index contributed by atoms with van der Waals surface area (Å²) in [7, 11) is 0. The number of aryl methyl sites for hydroxylation is 1. The summed E-state index contributed by atoms with van der Waals surface area (Å²) in [5.41, 5.74) is 1.45. The van der Waals surface area contributed by atoms with Crippen LogP contribution in [0.3, 0.4) is 0 Å². The summed E-state index contributed by atoms with van der Waals surface area (Å²) < 4.78 is 11.0. The monoisotopic (exact) mass is 346 g/mol. The lowest BCUT2D eigenvalue weighted by Gasteiger charge is -2.28. The molecule has 0 bridgehead atoms. The molecule has 2 rings (SSSR count). The molecule has 0 amide bonds. The topological polar surface area (TPSA) is 18.5 Å². The van der Waals surface area contributed by atoms with Gasteiger partial charge in [-0.15, -0.1) is 0 Å². The molecule has 1 aliphatic rings. The van der Waals surface area contributed by atoms with E-state index in [0.29, 0.717) is 13.2 Å². The first-order valence-electron chi connectivity index (χ1n) is 10.6. The van der Waals surface area contributed by atoms with Crippen LogP contribution in [0.5, 0.6) is 5.75 Å². The number of hydrogen-bond donors (Lipinski definition) is 0. The molecule has 25 heavy (non-hydrogen) atoms. The Balaban J connectivity index is 1.60. The zero-order valence-corrected chi connectivity index (χ0v) is 16.5. The summed E-state index contributed by atoms with van der Waals surface area (Å²) in [4.78, 5) is 0. The summed E-state index contributed by atoms with van der Waals surface area (Å²) in [6.07, 6.45) is 14.1. The SMILES string of the molecule is CCCCCC1CCC(CCc2ccc(OCCOCC)cc2)CC1. The molecular formula is C23H38O2. The minimum Gasteiger partial charge on any atom is -0.491 e. The molecule has 0 radical (unpaired) electrons. The Morgan fingerprint density at radius 3 is 2.16 bits per heavy atom. The van der Waals surface area contributed by atoms with Crippen LogP contribution < -0.4 is 4.74 Å². The molecule has 1 aromatic rings. The van der Waals surface area contributed by atoms with Crippen molar-refractivity contribution in [2.75, 3.05) is 19.8 Å². The number of ether oxygens (including phenoxy) is 2. The first-order valence-corrected chi connectivity index (χ1v) is 10.6. The van der Waals surface area contributed by atoms with Crippen molar-refractivity contribution in [3.63, 3.8) is 0 Å². The van der Waals surface area contributed by atoms with E-state index in [1.54, 1.807) is 0 Å². The van der Waals surface area contributed by atoms with Crippen LogP contribution in [0.4, 0.5) is 0 Å². The fourth-order valence-corrected chi connectivity index (χ4v) is 3.98. The van der Waals surface area contributed by atoms with Crippen LogP contribution in [-0.2, 0) is 11.2 Å². The molecular weight excluding hydrogens is 308 g/mol. The van der Waals surface area contributed by atoms with E-state index in [2.05, 4.69) is 31.2 Å². The molecule has 0 N–H and O–H groups in total. The fraction of sp³-hybridized carbons (Fsp3) is 0.739. The Bertz CT molecular complexity index is 432. The van der Waals surface area contributed by atoms with Crippen LogP contribution in [0.25, 0.3) is 0 Å². The Hall–Kier alpha value is -1.02. The summed E-state index contributed by atoms with van der Waals surface area (Å²) in [5, 5.41) is 0. The lowest BCUT2D eigenvalue weighted by molar-refractivity contribution is 0.110. The normalized spacial score (nSPS) is 20.6. The lowest BCUT2D eigenvalue weighted by Crippen LogP contribution is -2.15. The van der Waals surface area contributed by atoms with Gasteiger partial charge >= 0.3 is 0 Å². The van der Waals surface area contributed by atoms with Gasteiger partial charge in [-0.1, -0.05) is 70.4 Å². The van der Waals surface area contributed by atoms with E-state index in [0.717, 1.165) is 24.2 Å². The van der Waals surface area contributed by atoms with Gasteiger partial charge in [0, 0.05) is 6.61 Å². The predicted octanol–water partition coefficient (Wildman–Crippen LogP) is 6.42. The van der Waals surface area contributed by atoms with Crippen molar-refractivity contribution in [3.05, 3.63) is 29.8 Å². The Morgan fingerprint density at radius 2 is 1.52 bits per heavy atom. The van der Waals surface area contributed by atoms with Gasteiger partial charge in [0.1, 0.15) is 12.4 Å². The van der Waals surface area contributed by atoms with E-state index in [-0.39, 0.29) is 0 Å². The highest BCUT2D eigenvalue weighted by Gasteiger charge is 2.20. The maximum absolute atomic E-state index is 5.68. The molecule has 0 saturated heterocycles. The van der Waals surface area contributed by atoms with Crippen molar-refractivity contribution in [1.82, 2.24) is 0 Å². The van der Waals surface area contributed by atoms with Crippen molar-refractivity contribution >= 4 is 0 Å². The lowest BCUT2D eigenvalue weighted by atomic mass is 9.78. The van der Waals surface area contributed by atoms with Gasteiger partial charge in [0.15, 0.2) is 0 Å². The molecule has 142 valence electrons. The van der Waals surface area contributed by atoms with Crippen molar-refractivity contribution in [1.29, 1.82) is 0 Å². The van der Waals surface area contributed by atoms with Gasteiger partial charge < -0.3 is 9.47 Å². The van der Waals surface area contributed by atoms with Crippen LogP contribution in [0.1, 0.15) is 77.2 Å². The predicted molar refractivity (Wildman–Crippen MR) is 106 cm³/mol. The van der Waals surface area contributed by atoms with Crippen molar-refractivity contribution in [2.24, 2.45) is 11.8 Å². The van der Waals surface area contributed by atoms with Crippen molar-refractivity contribution in [2.45, 2.75) is 78.1 Å².